The molecular weight excluding hydrogens is 302 g/mol. The van der Waals surface area contributed by atoms with Crippen LogP contribution in [-0.4, -0.2) is 53.0 Å². The van der Waals surface area contributed by atoms with Crippen LogP contribution in [0.3, 0.4) is 0 Å². The van der Waals surface area contributed by atoms with Crippen LogP contribution in [0.4, 0.5) is 0 Å². The van der Waals surface area contributed by atoms with Crippen LogP contribution in [-0.2, 0) is 9.59 Å². The van der Waals surface area contributed by atoms with Crippen molar-refractivity contribution < 1.29 is 9.59 Å². The highest BCUT2D eigenvalue weighted by Crippen LogP contribution is 2.25. The molecule has 0 radical (unpaired) electrons. The van der Waals surface area contributed by atoms with E-state index in [1.54, 1.807) is 0 Å². The number of amides is 1. The minimum absolute atomic E-state index is 0.107. The molecule has 2 heterocycles. The molecule has 1 aliphatic carbocycles. The maximum absolute atomic E-state index is 12.6. The summed E-state index contributed by atoms with van der Waals surface area (Å²) < 4.78 is 0. The Hall–Kier alpha value is -1.91. The van der Waals surface area contributed by atoms with Gasteiger partial charge in [0, 0.05) is 24.7 Å². The lowest BCUT2D eigenvalue weighted by Gasteiger charge is -2.41. The number of carbonyl (C=O) groups excluding carboxylic acids is 2. The summed E-state index contributed by atoms with van der Waals surface area (Å²) in [5, 5.41) is 0. The Bertz CT molecular complexity index is 612. The summed E-state index contributed by atoms with van der Waals surface area (Å²) in [5.74, 6) is 1.03. The van der Waals surface area contributed by atoms with Gasteiger partial charge in [-0.15, -0.1) is 0 Å². The number of piperazine rings is 1. The number of amidine groups is 1. The molecule has 1 saturated heterocycles. The third-order valence-electron chi connectivity index (χ3n) is 5.33. The van der Waals surface area contributed by atoms with Crippen LogP contribution in [0.2, 0.25) is 0 Å². The van der Waals surface area contributed by atoms with Gasteiger partial charge in [-0.1, -0.05) is 25.3 Å². The number of carbonyl (C=O) groups is 2. The molecule has 0 aromatic carbocycles. The average Bonchev–Trinajstić information content (AvgIpc) is 2.59. The average molecular weight is 329 g/mol. The van der Waals surface area contributed by atoms with Crippen LogP contribution in [0.5, 0.6) is 0 Å². The third-order valence-corrected chi connectivity index (χ3v) is 5.33. The van der Waals surface area contributed by atoms with E-state index in [4.69, 9.17) is 0 Å². The molecule has 5 heteroatoms. The van der Waals surface area contributed by atoms with E-state index < -0.39 is 0 Å². The number of ketones is 1. The van der Waals surface area contributed by atoms with Gasteiger partial charge in [0.25, 0.3) is 0 Å². The third kappa shape index (κ3) is 3.45. The summed E-state index contributed by atoms with van der Waals surface area (Å²) in [6.45, 7) is 5.62. The van der Waals surface area contributed by atoms with Crippen LogP contribution in [0.15, 0.2) is 28.4 Å². The van der Waals surface area contributed by atoms with Crippen molar-refractivity contribution in [3.8, 4) is 0 Å². The Kier molecular flexibility index (Phi) is 5.17. The zero-order chi connectivity index (χ0) is 17.1. The normalized spacial score (nSPS) is 24.2. The molecule has 3 rings (SSSR count). The molecule has 3 aliphatic rings. The number of rotatable bonds is 2. The molecule has 0 aromatic rings. The zero-order valence-corrected chi connectivity index (χ0v) is 14.8. The Balaban J connectivity index is 1.70. The summed E-state index contributed by atoms with van der Waals surface area (Å²) in [6.07, 6.45) is 10.1. The summed E-state index contributed by atoms with van der Waals surface area (Å²) in [7, 11) is 0. The van der Waals surface area contributed by atoms with E-state index in [0.717, 1.165) is 37.5 Å². The number of aliphatic imine (C=N–C) groups is 1. The van der Waals surface area contributed by atoms with Crippen molar-refractivity contribution in [2.75, 3.05) is 19.6 Å². The second-order valence-corrected chi connectivity index (χ2v) is 6.94. The van der Waals surface area contributed by atoms with Crippen molar-refractivity contribution in [3.63, 3.8) is 0 Å². The lowest BCUT2D eigenvalue weighted by atomic mass is 9.93. The summed E-state index contributed by atoms with van der Waals surface area (Å²) in [4.78, 5) is 33.6. The summed E-state index contributed by atoms with van der Waals surface area (Å²) in [5.41, 5.74) is 1.44. The maximum Gasteiger partial charge on any atom is 0.242 e. The topological polar surface area (TPSA) is 53.0 Å². The fourth-order valence-electron chi connectivity index (χ4n) is 3.87. The van der Waals surface area contributed by atoms with Crippen molar-refractivity contribution in [2.45, 2.75) is 58.4 Å². The van der Waals surface area contributed by atoms with Crippen LogP contribution >= 0.6 is 0 Å². The summed E-state index contributed by atoms with van der Waals surface area (Å²) in [6, 6.07) is 0.420. The molecule has 0 unspecified atom stereocenters. The van der Waals surface area contributed by atoms with Gasteiger partial charge < -0.3 is 9.80 Å². The molecule has 0 aromatic heterocycles. The standard InChI is InChI=1S/C19H27N3O2/c1-3-7-16-14(2)17(23)12-18(20-16)21-10-11-22(19(24)13-21)15-8-5-4-6-9-15/h3,7,15H,4-6,8-13H2,1-2H3/b7-3-. The van der Waals surface area contributed by atoms with Gasteiger partial charge in [-0.25, -0.2) is 4.99 Å². The van der Waals surface area contributed by atoms with E-state index in [-0.39, 0.29) is 11.7 Å². The number of hydrogen-bond donors (Lipinski definition) is 0. The number of hydrogen-bond acceptors (Lipinski definition) is 4. The predicted octanol–water partition coefficient (Wildman–Crippen LogP) is 2.68. The first-order valence-corrected chi connectivity index (χ1v) is 9.09. The van der Waals surface area contributed by atoms with Crippen LogP contribution in [0, 0.1) is 0 Å². The van der Waals surface area contributed by atoms with E-state index in [2.05, 4.69) is 9.89 Å². The fourth-order valence-corrected chi connectivity index (χ4v) is 3.87. The smallest absolute Gasteiger partial charge is 0.242 e. The highest BCUT2D eigenvalue weighted by molar-refractivity contribution is 6.12. The van der Waals surface area contributed by atoms with Gasteiger partial charge in [0.05, 0.1) is 18.7 Å². The first kappa shape index (κ1) is 16.9. The highest BCUT2D eigenvalue weighted by Gasteiger charge is 2.33. The van der Waals surface area contributed by atoms with Crippen LogP contribution < -0.4 is 0 Å². The van der Waals surface area contributed by atoms with Gasteiger partial charge in [-0.3, -0.25) is 9.59 Å². The van der Waals surface area contributed by atoms with Crippen molar-refractivity contribution in [2.24, 2.45) is 4.99 Å². The van der Waals surface area contributed by atoms with E-state index >= 15 is 0 Å². The molecule has 130 valence electrons. The largest absolute Gasteiger partial charge is 0.349 e. The maximum atomic E-state index is 12.6. The number of allylic oxidation sites excluding steroid dienone is 3. The molecule has 24 heavy (non-hydrogen) atoms. The van der Waals surface area contributed by atoms with E-state index in [1.165, 1.54) is 19.3 Å². The van der Waals surface area contributed by atoms with Gasteiger partial charge >= 0.3 is 0 Å². The summed E-state index contributed by atoms with van der Waals surface area (Å²) >= 11 is 0. The minimum Gasteiger partial charge on any atom is -0.349 e. The van der Waals surface area contributed by atoms with Crippen LogP contribution in [0.1, 0.15) is 52.4 Å². The van der Waals surface area contributed by atoms with E-state index in [1.807, 2.05) is 30.9 Å². The number of Topliss-reactive ketones (excluding diaryl/α,β-unsaturated/α-hetero) is 1. The molecule has 0 spiro atoms. The molecule has 2 fully saturated rings. The highest BCUT2D eigenvalue weighted by atomic mass is 16.2. The Morgan fingerprint density at radius 3 is 2.54 bits per heavy atom. The molecule has 5 nitrogen and oxygen atoms in total. The van der Waals surface area contributed by atoms with Crippen molar-refractivity contribution in [3.05, 3.63) is 23.4 Å². The van der Waals surface area contributed by atoms with Gasteiger partial charge in [0.15, 0.2) is 5.78 Å². The molecule has 0 atom stereocenters. The second kappa shape index (κ2) is 7.32. The Morgan fingerprint density at radius 1 is 1.12 bits per heavy atom. The van der Waals surface area contributed by atoms with Crippen molar-refractivity contribution >= 4 is 17.5 Å². The molecule has 0 N–H and O–H groups in total. The molecule has 1 saturated carbocycles. The monoisotopic (exact) mass is 329 g/mol. The minimum atomic E-state index is 0.107. The second-order valence-electron chi connectivity index (χ2n) is 6.94. The zero-order valence-electron chi connectivity index (χ0n) is 14.8. The van der Waals surface area contributed by atoms with E-state index in [9.17, 15) is 9.59 Å². The van der Waals surface area contributed by atoms with Crippen molar-refractivity contribution in [1.82, 2.24) is 9.80 Å². The SMILES string of the molecule is C/C=C\C1=C(C)C(=O)CC(N2CCN(C3CCCCC3)C(=O)C2)=N1. The van der Waals surface area contributed by atoms with Gasteiger partial charge in [-0.2, -0.15) is 0 Å². The first-order valence-electron chi connectivity index (χ1n) is 9.09. The molecule has 2 aliphatic heterocycles. The lowest BCUT2D eigenvalue weighted by Crippen LogP contribution is -2.56. The molecule has 1 amide bonds. The first-order chi connectivity index (χ1) is 11.6. The Morgan fingerprint density at radius 2 is 1.88 bits per heavy atom. The lowest BCUT2D eigenvalue weighted by molar-refractivity contribution is -0.137. The van der Waals surface area contributed by atoms with Gasteiger partial charge in [0.2, 0.25) is 5.91 Å². The number of nitrogens with zero attached hydrogens (tertiary/aromatic N) is 3. The van der Waals surface area contributed by atoms with Crippen molar-refractivity contribution in [1.29, 1.82) is 0 Å². The molecular formula is C19H27N3O2. The fraction of sp³-hybridized carbons (Fsp3) is 0.632. The molecule has 0 bridgehead atoms. The van der Waals surface area contributed by atoms with Crippen LogP contribution in [0.25, 0.3) is 0 Å². The van der Waals surface area contributed by atoms with Gasteiger partial charge in [0.1, 0.15) is 5.84 Å². The van der Waals surface area contributed by atoms with E-state index in [0.29, 0.717) is 24.6 Å². The Labute approximate surface area is 144 Å². The quantitative estimate of drug-likeness (QED) is 0.783. The predicted molar refractivity (Wildman–Crippen MR) is 94.7 cm³/mol. The van der Waals surface area contributed by atoms with Gasteiger partial charge in [-0.05, 0) is 32.8 Å².